The molecule has 0 aliphatic rings. The van der Waals surface area contributed by atoms with Crippen molar-refractivity contribution in [1.29, 1.82) is 5.26 Å². The van der Waals surface area contributed by atoms with Gasteiger partial charge in [0.2, 0.25) is 0 Å². The first-order valence-electron chi connectivity index (χ1n) is 4.67. The molecule has 0 aliphatic heterocycles. The maximum absolute atomic E-state index is 10.8. The van der Waals surface area contributed by atoms with E-state index in [9.17, 15) is 4.79 Å². The lowest BCUT2D eigenvalue weighted by atomic mass is 9.91. The lowest BCUT2D eigenvalue weighted by Gasteiger charge is -2.15. The summed E-state index contributed by atoms with van der Waals surface area (Å²) in [5, 5.41) is 17.4. The van der Waals surface area contributed by atoms with Gasteiger partial charge in [-0.3, -0.25) is 4.79 Å². The molecule has 0 rings (SSSR count). The van der Waals surface area contributed by atoms with Crippen molar-refractivity contribution in [2.45, 2.75) is 34.6 Å². The number of hydrogen-bond acceptors (Lipinski definition) is 3. The van der Waals surface area contributed by atoms with Crippen LogP contribution in [0.5, 0.6) is 0 Å². The van der Waals surface area contributed by atoms with Crippen LogP contribution in [0, 0.1) is 16.7 Å². The maximum Gasteiger partial charge on any atom is 0.169 e. The van der Waals surface area contributed by atoms with Crippen molar-refractivity contribution < 1.29 is 9.90 Å². The Hall–Kier alpha value is -1.14. The number of aliphatic hydroxyl groups is 1. The predicted octanol–water partition coefficient (Wildman–Crippen LogP) is 2.07. The van der Waals surface area contributed by atoms with Gasteiger partial charge in [-0.15, -0.1) is 0 Å². The van der Waals surface area contributed by atoms with Gasteiger partial charge in [0.1, 0.15) is 6.07 Å². The minimum absolute atomic E-state index is 0.0779. The van der Waals surface area contributed by atoms with Crippen LogP contribution < -0.4 is 0 Å². The molecule has 0 aromatic carbocycles. The van der Waals surface area contributed by atoms with Crippen LogP contribution in [-0.4, -0.2) is 17.5 Å². The molecule has 0 amide bonds. The normalized spacial score (nSPS) is 11.1. The number of nitrogens with zero attached hydrogens (tertiary/aromatic N) is 1. The van der Waals surface area contributed by atoms with Crippen molar-refractivity contribution in [3.05, 3.63) is 11.6 Å². The van der Waals surface area contributed by atoms with E-state index in [0.717, 1.165) is 0 Å². The standard InChI is InChI=1S/C9H13NO2.C2H6/c1-7(12)8(5-10)4-9(2,3)6-11;1-2/h4,11H,6H2,1-3H3;1-2H3/b8-4+;. The van der Waals surface area contributed by atoms with Gasteiger partial charge in [0.25, 0.3) is 0 Å². The number of carbonyl (C=O) groups excluding carboxylic acids is 1. The second kappa shape index (κ2) is 7.28. The summed E-state index contributed by atoms with van der Waals surface area (Å²) in [4.78, 5) is 10.8. The minimum atomic E-state index is -0.503. The van der Waals surface area contributed by atoms with Gasteiger partial charge in [-0.25, -0.2) is 0 Å². The zero-order valence-corrected chi connectivity index (χ0v) is 9.59. The Labute approximate surface area is 86.1 Å². The number of ketones is 1. The number of carbonyl (C=O) groups is 1. The van der Waals surface area contributed by atoms with Crippen molar-refractivity contribution in [2.75, 3.05) is 6.61 Å². The van der Waals surface area contributed by atoms with Crippen LogP contribution in [0.2, 0.25) is 0 Å². The van der Waals surface area contributed by atoms with E-state index in [1.807, 2.05) is 13.8 Å². The molecule has 0 fully saturated rings. The molecule has 0 atom stereocenters. The van der Waals surface area contributed by atoms with Gasteiger partial charge >= 0.3 is 0 Å². The smallest absolute Gasteiger partial charge is 0.169 e. The molecule has 0 radical (unpaired) electrons. The van der Waals surface area contributed by atoms with Crippen molar-refractivity contribution in [1.82, 2.24) is 0 Å². The molecule has 80 valence electrons. The number of rotatable bonds is 3. The van der Waals surface area contributed by atoms with Crippen LogP contribution in [0.25, 0.3) is 0 Å². The van der Waals surface area contributed by atoms with Crippen molar-refractivity contribution in [2.24, 2.45) is 5.41 Å². The Kier molecular flexibility index (Phi) is 7.98. The number of Topliss-reactive ketones (excluding diaryl/α,β-unsaturated/α-hetero) is 1. The molecule has 0 spiro atoms. The fraction of sp³-hybridized carbons (Fsp3) is 0.636. The van der Waals surface area contributed by atoms with Crippen LogP contribution in [0.3, 0.4) is 0 Å². The lowest BCUT2D eigenvalue weighted by Crippen LogP contribution is -2.15. The Bertz CT molecular complexity index is 247. The summed E-state index contributed by atoms with van der Waals surface area (Å²) in [6, 6.07) is 1.79. The zero-order valence-electron chi connectivity index (χ0n) is 9.59. The highest BCUT2D eigenvalue weighted by Gasteiger charge is 2.15. The molecule has 0 unspecified atom stereocenters. The highest BCUT2D eigenvalue weighted by Crippen LogP contribution is 2.17. The van der Waals surface area contributed by atoms with E-state index < -0.39 is 5.41 Å². The van der Waals surface area contributed by atoms with Crippen molar-refractivity contribution in [3.63, 3.8) is 0 Å². The average molecular weight is 197 g/mol. The van der Waals surface area contributed by atoms with Crippen molar-refractivity contribution in [3.8, 4) is 6.07 Å². The highest BCUT2D eigenvalue weighted by atomic mass is 16.3. The first-order valence-corrected chi connectivity index (χ1v) is 4.67. The van der Waals surface area contributed by atoms with Crippen molar-refractivity contribution >= 4 is 5.78 Å². The SMILES string of the molecule is CC.CC(=O)/C(C#N)=C/C(C)(C)CO. The quantitative estimate of drug-likeness (QED) is 0.556. The zero-order chi connectivity index (χ0) is 11.8. The molecule has 3 nitrogen and oxygen atoms in total. The first-order chi connectivity index (χ1) is 6.43. The molecular formula is C11H19NO2. The summed E-state index contributed by atoms with van der Waals surface area (Å²) in [7, 11) is 0. The van der Waals surface area contributed by atoms with Crippen LogP contribution in [0.1, 0.15) is 34.6 Å². The molecule has 0 saturated heterocycles. The number of allylic oxidation sites excluding steroid dienone is 1. The Morgan fingerprint density at radius 3 is 2.14 bits per heavy atom. The van der Waals surface area contributed by atoms with Gasteiger partial charge in [-0.05, 0) is 6.92 Å². The molecule has 0 aliphatic carbocycles. The topological polar surface area (TPSA) is 61.1 Å². The van der Waals surface area contributed by atoms with E-state index in [-0.39, 0.29) is 18.0 Å². The molecule has 0 aromatic rings. The summed E-state index contributed by atoms with van der Waals surface area (Å²) < 4.78 is 0. The summed E-state index contributed by atoms with van der Waals surface area (Å²) in [5.74, 6) is -0.265. The Balaban J connectivity index is 0. The second-order valence-corrected chi connectivity index (χ2v) is 3.37. The summed E-state index contributed by atoms with van der Waals surface area (Å²) in [5.41, 5.74) is -0.398. The lowest BCUT2D eigenvalue weighted by molar-refractivity contribution is -0.113. The van der Waals surface area contributed by atoms with Gasteiger partial charge in [0.15, 0.2) is 5.78 Å². The van der Waals surface area contributed by atoms with E-state index in [1.165, 1.54) is 13.0 Å². The molecule has 14 heavy (non-hydrogen) atoms. The predicted molar refractivity (Wildman–Crippen MR) is 56.6 cm³/mol. The van der Waals surface area contributed by atoms with Gasteiger partial charge in [-0.2, -0.15) is 5.26 Å². The third kappa shape index (κ3) is 6.38. The first kappa shape index (κ1) is 15.3. The van der Waals surface area contributed by atoms with E-state index in [1.54, 1.807) is 19.9 Å². The second-order valence-electron chi connectivity index (χ2n) is 3.37. The van der Waals surface area contributed by atoms with E-state index >= 15 is 0 Å². The summed E-state index contributed by atoms with van der Waals surface area (Å²) in [6.45, 7) is 8.77. The van der Waals surface area contributed by atoms with Gasteiger partial charge < -0.3 is 5.11 Å². The monoisotopic (exact) mass is 197 g/mol. The van der Waals surface area contributed by atoms with E-state index in [2.05, 4.69) is 0 Å². The molecule has 0 aromatic heterocycles. The van der Waals surface area contributed by atoms with Gasteiger partial charge in [0, 0.05) is 5.41 Å². The van der Waals surface area contributed by atoms with Crippen LogP contribution in [0.15, 0.2) is 11.6 Å². The minimum Gasteiger partial charge on any atom is -0.395 e. The molecule has 0 heterocycles. The molecule has 1 N–H and O–H groups in total. The van der Waals surface area contributed by atoms with Gasteiger partial charge in [0.05, 0.1) is 12.2 Å². The van der Waals surface area contributed by atoms with E-state index in [4.69, 9.17) is 10.4 Å². The number of aliphatic hydroxyl groups excluding tert-OH is 1. The highest BCUT2D eigenvalue weighted by molar-refractivity contribution is 5.97. The number of hydrogen-bond donors (Lipinski definition) is 1. The third-order valence-corrected chi connectivity index (χ3v) is 1.44. The Morgan fingerprint density at radius 2 is 1.93 bits per heavy atom. The molecule has 0 bridgehead atoms. The maximum atomic E-state index is 10.8. The summed E-state index contributed by atoms with van der Waals surface area (Å²) >= 11 is 0. The third-order valence-electron chi connectivity index (χ3n) is 1.44. The summed E-state index contributed by atoms with van der Waals surface area (Å²) in [6.07, 6.45) is 1.50. The molecular weight excluding hydrogens is 178 g/mol. The fourth-order valence-electron chi connectivity index (χ4n) is 0.649. The van der Waals surface area contributed by atoms with E-state index in [0.29, 0.717) is 0 Å². The molecule has 3 heteroatoms. The Morgan fingerprint density at radius 1 is 1.50 bits per heavy atom. The van der Waals surface area contributed by atoms with Crippen LogP contribution >= 0.6 is 0 Å². The van der Waals surface area contributed by atoms with Crippen LogP contribution in [0.4, 0.5) is 0 Å². The molecule has 0 saturated carbocycles. The number of nitriles is 1. The van der Waals surface area contributed by atoms with Crippen LogP contribution in [-0.2, 0) is 4.79 Å². The fourth-order valence-corrected chi connectivity index (χ4v) is 0.649. The van der Waals surface area contributed by atoms with Gasteiger partial charge in [-0.1, -0.05) is 33.8 Å². The average Bonchev–Trinajstić information content (AvgIpc) is 2.17. The largest absolute Gasteiger partial charge is 0.395 e.